The van der Waals surface area contributed by atoms with Crippen molar-refractivity contribution in [2.75, 3.05) is 10.6 Å². The smallest absolute Gasteiger partial charge is 0.267 e. The van der Waals surface area contributed by atoms with Gasteiger partial charge in [0.2, 0.25) is 0 Å². The SMILES string of the molecule is Cc1ccc(NC(=O)/C(C#N)=C\Nc2ccccc2C(C)(C)C)cc1Cl. The molecule has 0 bridgehead atoms. The quantitative estimate of drug-likeness (QED) is 0.561. The van der Waals surface area contributed by atoms with E-state index in [4.69, 9.17) is 11.6 Å². The molecule has 0 unspecified atom stereocenters. The molecule has 2 N–H and O–H groups in total. The summed E-state index contributed by atoms with van der Waals surface area (Å²) < 4.78 is 0. The molecule has 0 spiro atoms. The summed E-state index contributed by atoms with van der Waals surface area (Å²) in [6.45, 7) is 8.20. The van der Waals surface area contributed by atoms with Gasteiger partial charge in [0.15, 0.2) is 0 Å². The zero-order valence-electron chi connectivity index (χ0n) is 15.4. The molecule has 0 fully saturated rings. The average Bonchev–Trinajstić information content (AvgIpc) is 2.58. The zero-order chi connectivity index (χ0) is 19.3. The number of hydrogen-bond acceptors (Lipinski definition) is 3. The lowest BCUT2D eigenvalue weighted by atomic mass is 9.86. The number of nitriles is 1. The van der Waals surface area contributed by atoms with Crippen LogP contribution in [0.2, 0.25) is 5.02 Å². The average molecular weight is 368 g/mol. The van der Waals surface area contributed by atoms with Crippen LogP contribution in [0, 0.1) is 18.3 Å². The van der Waals surface area contributed by atoms with Crippen LogP contribution in [0.4, 0.5) is 11.4 Å². The van der Waals surface area contributed by atoms with Crippen LogP contribution in [0.3, 0.4) is 0 Å². The monoisotopic (exact) mass is 367 g/mol. The number of rotatable bonds is 4. The first kappa shape index (κ1) is 19.6. The molecule has 2 rings (SSSR count). The molecule has 0 saturated heterocycles. The standard InChI is InChI=1S/C21H22ClN3O/c1-14-9-10-16(11-18(14)22)25-20(26)15(12-23)13-24-19-8-6-5-7-17(19)21(2,3)4/h5-11,13,24H,1-4H3,(H,25,26)/b15-13-. The van der Waals surface area contributed by atoms with Crippen molar-refractivity contribution < 1.29 is 4.79 Å². The number of nitrogens with zero attached hydrogens (tertiary/aromatic N) is 1. The predicted octanol–water partition coefficient (Wildman–Crippen LogP) is 5.40. The molecule has 5 heteroatoms. The van der Waals surface area contributed by atoms with E-state index in [1.807, 2.05) is 43.3 Å². The van der Waals surface area contributed by atoms with Gasteiger partial charge in [-0.3, -0.25) is 4.79 Å². The lowest BCUT2D eigenvalue weighted by Crippen LogP contribution is -2.16. The van der Waals surface area contributed by atoms with E-state index in [1.165, 1.54) is 6.20 Å². The number of carbonyl (C=O) groups is 1. The van der Waals surface area contributed by atoms with Crippen LogP contribution in [0.25, 0.3) is 0 Å². The molecule has 0 saturated carbocycles. The van der Waals surface area contributed by atoms with E-state index in [-0.39, 0.29) is 11.0 Å². The summed E-state index contributed by atoms with van der Waals surface area (Å²) in [5, 5.41) is 15.7. The van der Waals surface area contributed by atoms with E-state index in [0.29, 0.717) is 10.7 Å². The van der Waals surface area contributed by atoms with E-state index >= 15 is 0 Å². The molecule has 2 aromatic carbocycles. The highest BCUT2D eigenvalue weighted by molar-refractivity contribution is 6.31. The number of para-hydroxylation sites is 1. The van der Waals surface area contributed by atoms with Gasteiger partial charge in [-0.15, -0.1) is 0 Å². The Morgan fingerprint density at radius 3 is 2.50 bits per heavy atom. The van der Waals surface area contributed by atoms with Crippen LogP contribution < -0.4 is 10.6 Å². The molecule has 0 aromatic heterocycles. The van der Waals surface area contributed by atoms with Gasteiger partial charge in [0.05, 0.1) is 0 Å². The van der Waals surface area contributed by atoms with Gasteiger partial charge in [-0.2, -0.15) is 5.26 Å². The molecular formula is C21H22ClN3O. The molecule has 0 aliphatic rings. The molecule has 0 aliphatic heterocycles. The van der Waals surface area contributed by atoms with E-state index in [2.05, 4.69) is 31.4 Å². The van der Waals surface area contributed by atoms with E-state index in [0.717, 1.165) is 16.8 Å². The fourth-order valence-corrected chi connectivity index (χ4v) is 2.61. The van der Waals surface area contributed by atoms with Gasteiger partial charge < -0.3 is 10.6 Å². The first-order valence-electron chi connectivity index (χ1n) is 8.26. The summed E-state index contributed by atoms with van der Waals surface area (Å²) in [4.78, 5) is 12.4. The highest BCUT2D eigenvalue weighted by atomic mass is 35.5. The molecule has 0 atom stereocenters. The van der Waals surface area contributed by atoms with Gasteiger partial charge in [0.25, 0.3) is 5.91 Å². The molecule has 4 nitrogen and oxygen atoms in total. The van der Waals surface area contributed by atoms with Crippen LogP contribution in [0.15, 0.2) is 54.2 Å². The molecule has 0 heterocycles. The second kappa shape index (κ2) is 8.07. The van der Waals surface area contributed by atoms with Crippen LogP contribution in [-0.4, -0.2) is 5.91 Å². The summed E-state index contributed by atoms with van der Waals surface area (Å²) >= 11 is 6.07. The van der Waals surface area contributed by atoms with Gasteiger partial charge in [-0.1, -0.05) is 56.6 Å². The minimum atomic E-state index is -0.492. The maximum atomic E-state index is 12.4. The minimum Gasteiger partial charge on any atom is -0.360 e. The Kier molecular flexibility index (Phi) is 6.07. The number of anilines is 2. The van der Waals surface area contributed by atoms with Crippen LogP contribution >= 0.6 is 11.6 Å². The fraction of sp³-hybridized carbons (Fsp3) is 0.238. The van der Waals surface area contributed by atoms with Gasteiger partial charge in [-0.25, -0.2) is 0 Å². The summed E-state index contributed by atoms with van der Waals surface area (Å²) in [6.07, 6.45) is 1.43. The highest BCUT2D eigenvalue weighted by Crippen LogP contribution is 2.29. The van der Waals surface area contributed by atoms with Gasteiger partial charge in [0.1, 0.15) is 11.6 Å². The Hall–Kier alpha value is -2.77. The number of halogens is 1. The number of benzene rings is 2. The molecule has 134 valence electrons. The highest BCUT2D eigenvalue weighted by Gasteiger charge is 2.17. The Bertz CT molecular complexity index is 889. The van der Waals surface area contributed by atoms with Crippen molar-refractivity contribution in [1.82, 2.24) is 0 Å². The first-order chi connectivity index (χ1) is 12.2. The van der Waals surface area contributed by atoms with Crippen molar-refractivity contribution in [3.63, 3.8) is 0 Å². The molecule has 1 amide bonds. The normalized spacial score (nSPS) is 11.6. The lowest BCUT2D eigenvalue weighted by molar-refractivity contribution is -0.112. The van der Waals surface area contributed by atoms with Crippen molar-refractivity contribution in [2.45, 2.75) is 33.1 Å². The zero-order valence-corrected chi connectivity index (χ0v) is 16.1. The number of aryl methyl sites for hydroxylation is 1. The van der Waals surface area contributed by atoms with E-state index in [9.17, 15) is 10.1 Å². The third kappa shape index (κ3) is 4.87. The molecular weight excluding hydrogens is 346 g/mol. The summed E-state index contributed by atoms with van der Waals surface area (Å²) in [5.74, 6) is -0.492. The Labute approximate surface area is 159 Å². The van der Waals surface area contributed by atoms with Crippen molar-refractivity contribution in [1.29, 1.82) is 5.26 Å². The number of carbonyl (C=O) groups excluding carboxylic acids is 1. The molecule has 2 aromatic rings. The lowest BCUT2D eigenvalue weighted by Gasteiger charge is -2.22. The Morgan fingerprint density at radius 2 is 1.88 bits per heavy atom. The van der Waals surface area contributed by atoms with Crippen molar-refractivity contribution in [3.05, 3.63) is 70.4 Å². The number of nitrogens with one attached hydrogen (secondary N) is 2. The topological polar surface area (TPSA) is 64.9 Å². The van der Waals surface area contributed by atoms with Gasteiger partial charge >= 0.3 is 0 Å². The Balaban J connectivity index is 2.19. The first-order valence-corrected chi connectivity index (χ1v) is 8.64. The van der Waals surface area contributed by atoms with Crippen LogP contribution in [0.1, 0.15) is 31.9 Å². The molecule has 26 heavy (non-hydrogen) atoms. The second-order valence-corrected chi connectivity index (χ2v) is 7.44. The van der Waals surface area contributed by atoms with Gasteiger partial charge in [0, 0.05) is 22.6 Å². The van der Waals surface area contributed by atoms with E-state index in [1.54, 1.807) is 12.1 Å². The van der Waals surface area contributed by atoms with Crippen molar-refractivity contribution >= 4 is 28.9 Å². The summed E-state index contributed by atoms with van der Waals surface area (Å²) in [5.41, 5.74) is 3.33. The van der Waals surface area contributed by atoms with Crippen molar-refractivity contribution in [3.8, 4) is 6.07 Å². The summed E-state index contributed by atoms with van der Waals surface area (Å²) in [6, 6.07) is 15.0. The van der Waals surface area contributed by atoms with E-state index < -0.39 is 5.91 Å². The van der Waals surface area contributed by atoms with Crippen LogP contribution in [-0.2, 0) is 10.2 Å². The predicted molar refractivity (Wildman–Crippen MR) is 107 cm³/mol. The van der Waals surface area contributed by atoms with Crippen molar-refractivity contribution in [2.24, 2.45) is 0 Å². The Morgan fingerprint density at radius 1 is 1.19 bits per heavy atom. The summed E-state index contributed by atoms with van der Waals surface area (Å²) in [7, 11) is 0. The fourth-order valence-electron chi connectivity index (χ4n) is 2.43. The molecule has 0 radical (unpaired) electrons. The third-order valence-corrected chi connectivity index (χ3v) is 4.31. The molecule has 0 aliphatic carbocycles. The number of hydrogen-bond donors (Lipinski definition) is 2. The maximum absolute atomic E-state index is 12.4. The number of amides is 1. The van der Waals surface area contributed by atoms with Gasteiger partial charge in [-0.05, 0) is 41.7 Å². The second-order valence-electron chi connectivity index (χ2n) is 7.03. The largest absolute Gasteiger partial charge is 0.360 e. The minimum absolute atomic E-state index is 0.0228. The maximum Gasteiger partial charge on any atom is 0.267 e. The van der Waals surface area contributed by atoms with Crippen LogP contribution in [0.5, 0.6) is 0 Å². The third-order valence-electron chi connectivity index (χ3n) is 3.90.